The summed E-state index contributed by atoms with van der Waals surface area (Å²) < 4.78 is 19.4. The predicted octanol–water partition coefficient (Wildman–Crippen LogP) is 0.798. The van der Waals surface area contributed by atoms with Gasteiger partial charge >= 0.3 is 5.69 Å². The Bertz CT molecular complexity index is 709. The first-order chi connectivity index (χ1) is 11.5. The van der Waals surface area contributed by atoms with Crippen LogP contribution in [0.3, 0.4) is 0 Å². The average molecular weight is 372 g/mol. The Hall–Kier alpha value is -1.26. The van der Waals surface area contributed by atoms with Crippen molar-refractivity contribution in [3.63, 3.8) is 0 Å². The molecule has 1 aromatic rings. The molecule has 1 fully saturated rings. The molecule has 0 amide bonds. The van der Waals surface area contributed by atoms with Crippen molar-refractivity contribution in [2.24, 2.45) is 5.73 Å². The van der Waals surface area contributed by atoms with Gasteiger partial charge in [-0.3, -0.25) is 14.3 Å². The minimum absolute atomic E-state index is 0.0113. The fourth-order valence-electron chi connectivity index (χ4n) is 2.66. The topological polar surface area (TPSA) is 109 Å². The van der Waals surface area contributed by atoms with Crippen molar-refractivity contribution in [1.82, 2.24) is 9.55 Å². The van der Waals surface area contributed by atoms with E-state index in [1.54, 1.807) is 7.11 Å². The van der Waals surface area contributed by atoms with Gasteiger partial charge < -0.3 is 19.6 Å². The fraction of sp³-hybridized carbons (Fsp3) is 0.750. The van der Waals surface area contributed by atoms with Gasteiger partial charge in [-0.15, -0.1) is 0 Å². The number of aromatic nitrogens is 2. The lowest BCUT2D eigenvalue weighted by Crippen LogP contribution is -2.51. The maximum absolute atomic E-state index is 12.1. The molecule has 1 unspecified atom stereocenters. The highest BCUT2D eigenvalue weighted by Crippen LogP contribution is 2.41. The average Bonchev–Trinajstić information content (AvgIpc) is 2.82. The Balaban J connectivity index is 2.38. The largest absolute Gasteiger partial charge is 0.408 e. The molecule has 25 heavy (non-hydrogen) atoms. The third-order valence-corrected chi connectivity index (χ3v) is 9.63. The maximum Gasteiger partial charge on any atom is 0.330 e. The van der Waals surface area contributed by atoms with E-state index in [9.17, 15) is 9.59 Å². The van der Waals surface area contributed by atoms with Crippen LogP contribution in [-0.2, 0) is 13.9 Å². The molecule has 1 saturated heterocycles. The number of nitrogens with one attached hydrogen (secondary N) is 1. The van der Waals surface area contributed by atoms with Gasteiger partial charge in [-0.2, -0.15) is 0 Å². The molecular formula is C16H29N3O5Si. The molecule has 0 saturated carbocycles. The lowest BCUT2D eigenvalue weighted by atomic mass is 10.1. The van der Waals surface area contributed by atoms with Crippen molar-refractivity contribution in [3.05, 3.63) is 33.1 Å². The molecule has 0 spiro atoms. The van der Waals surface area contributed by atoms with Crippen molar-refractivity contribution in [2.45, 2.75) is 63.4 Å². The lowest BCUT2D eigenvalue weighted by molar-refractivity contribution is -0.0522. The SMILES string of the molecule is CO[C@@H]1C(O[Si](C)(C)C(C)(C)C)[C@@H](CN)O[C@H]1n1ccc(=O)[nH]c1=O. The van der Waals surface area contributed by atoms with Crippen LogP contribution in [0.5, 0.6) is 0 Å². The van der Waals surface area contributed by atoms with E-state index < -0.39 is 38.0 Å². The number of rotatable bonds is 5. The first-order valence-electron chi connectivity index (χ1n) is 8.39. The quantitative estimate of drug-likeness (QED) is 0.741. The molecule has 142 valence electrons. The van der Waals surface area contributed by atoms with Gasteiger partial charge in [-0.1, -0.05) is 20.8 Å². The molecule has 4 atom stereocenters. The van der Waals surface area contributed by atoms with Crippen LogP contribution in [0, 0.1) is 0 Å². The molecule has 2 rings (SSSR count). The number of ether oxygens (including phenoxy) is 2. The molecule has 1 aliphatic heterocycles. The second-order valence-electron chi connectivity index (χ2n) is 7.86. The zero-order chi connectivity index (χ0) is 19.0. The molecule has 0 bridgehead atoms. The van der Waals surface area contributed by atoms with Crippen LogP contribution >= 0.6 is 0 Å². The zero-order valence-electron chi connectivity index (χ0n) is 15.7. The summed E-state index contributed by atoms with van der Waals surface area (Å²) in [6, 6.07) is 1.27. The Morgan fingerprint density at radius 3 is 2.44 bits per heavy atom. The van der Waals surface area contributed by atoms with Crippen molar-refractivity contribution in [1.29, 1.82) is 0 Å². The molecule has 0 radical (unpaired) electrons. The van der Waals surface area contributed by atoms with Gasteiger partial charge in [0.2, 0.25) is 0 Å². The van der Waals surface area contributed by atoms with Gasteiger partial charge in [0.05, 0.1) is 0 Å². The Morgan fingerprint density at radius 2 is 1.96 bits per heavy atom. The second kappa shape index (κ2) is 7.16. The van der Waals surface area contributed by atoms with Crippen molar-refractivity contribution in [2.75, 3.05) is 13.7 Å². The number of aromatic amines is 1. The smallest absolute Gasteiger partial charge is 0.330 e. The van der Waals surface area contributed by atoms with Crippen LogP contribution in [0.15, 0.2) is 21.9 Å². The molecule has 9 heteroatoms. The van der Waals surface area contributed by atoms with E-state index in [0.29, 0.717) is 0 Å². The van der Waals surface area contributed by atoms with Gasteiger partial charge in [0.1, 0.15) is 18.3 Å². The van der Waals surface area contributed by atoms with E-state index in [0.717, 1.165) is 0 Å². The highest BCUT2D eigenvalue weighted by atomic mass is 28.4. The molecule has 1 aliphatic rings. The van der Waals surface area contributed by atoms with Gasteiger partial charge in [0.15, 0.2) is 14.5 Å². The molecular weight excluding hydrogens is 342 g/mol. The summed E-state index contributed by atoms with van der Waals surface area (Å²) in [6.45, 7) is 11.0. The highest BCUT2D eigenvalue weighted by Gasteiger charge is 2.50. The number of nitrogens with two attached hydrogens (primary N) is 1. The van der Waals surface area contributed by atoms with E-state index in [-0.39, 0.29) is 17.7 Å². The van der Waals surface area contributed by atoms with Gasteiger partial charge in [0, 0.05) is 25.9 Å². The van der Waals surface area contributed by atoms with E-state index >= 15 is 0 Å². The van der Waals surface area contributed by atoms with Gasteiger partial charge in [-0.25, -0.2) is 4.79 Å². The minimum Gasteiger partial charge on any atom is -0.408 e. The number of H-pyrrole nitrogens is 1. The predicted molar refractivity (Wildman–Crippen MR) is 97.2 cm³/mol. The molecule has 1 aromatic heterocycles. The van der Waals surface area contributed by atoms with E-state index in [2.05, 4.69) is 38.8 Å². The number of hydrogen-bond donors (Lipinski definition) is 2. The van der Waals surface area contributed by atoms with Crippen LogP contribution in [-0.4, -0.2) is 49.8 Å². The number of nitrogens with zero attached hydrogens (tertiary/aromatic N) is 1. The summed E-state index contributed by atoms with van der Waals surface area (Å²) in [6.07, 6.45) is -0.605. The molecule has 2 heterocycles. The lowest BCUT2D eigenvalue weighted by Gasteiger charge is -2.40. The maximum atomic E-state index is 12.1. The monoisotopic (exact) mass is 371 g/mol. The first kappa shape index (κ1) is 20.1. The van der Waals surface area contributed by atoms with E-state index in [1.165, 1.54) is 16.8 Å². The molecule has 3 N–H and O–H groups in total. The number of methoxy groups -OCH3 is 1. The molecule has 0 aromatic carbocycles. The van der Waals surface area contributed by atoms with Crippen molar-refractivity contribution >= 4 is 8.32 Å². The first-order valence-corrected chi connectivity index (χ1v) is 11.3. The van der Waals surface area contributed by atoms with Crippen LogP contribution in [0.2, 0.25) is 18.1 Å². The summed E-state index contributed by atoms with van der Waals surface area (Å²) in [5, 5.41) is 0.0113. The number of hydrogen-bond acceptors (Lipinski definition) is 6. The normalized spacial score (nSPS) is 27.6. The van der Waals surface area contributed by atoms with E-state index in [1.807, 2.05) is 0 Å². The minimum atomic E-state index is -2.10. The van der Waals surface area contributed by atoms with Crippen LogP contribution in [0.1, 0.15) is 27.0 Å². The Morgan fingerprint density at radius 1 is 1.32 bits per heavy atom. The van der Waals surface area contributed by atoms with Gasteiger partial charge in [0.25, 0.3) is 5.56 Å². The summed E-state index contributed by atoms with van der Waals surface area (Å²) >= 11 is 0. The van der Waals surface area contributed by atoms with Crippen molar-refractivity contribution in [3.8, 4) is 0 Å². The van der Waals surface area contributed by atoms with Crippen LogP contribution in [0.25, 0.3) is 0 Å². The van der Waals surface area contributed by atoms with Crippen LogP contribution < -0.4 is 17.0 Å². The fourth-order valence-corrected chi connectivity index (χ4v) is 3.98. The summed E-state index contributed by atoms with van der Waals surface area (Å²) in [5.74, 6) is 0. The molecule has 0 aliphatic carbocycles. The Kier molecular flexibility index (Phi) is 5.74. The standard InChI is InChI=1S/C16H29N3O5Si/c1-16(2,3)25(5,6)24-12-10(9-17)23-14(13(12)22-4)19-8-7-11(20)18-15(19)21/h7-8,10,12-14H,9,17H2,1-6H3,(H,18,20,21)/t10-,12?,13-,14-/m1/s1. The zero-order valence-corrected chi connectivity index (χ0v) is 16.7. The third kappa shape index (κ3) is 3.95. The Labute approximate surface area is 148 Å². The van der Waals surface area contributed by atoms with Crippen molar-refractivity contribution < 1.29 is 13.9 Å². The third-order valence-electron chi connectivity index (χ3n) is 5.15. The molecule has 8 nitrogen and oxygen atoms in total. The summed E-state index contributed by atoms with van der Waals surface area (Å²) in [5.41, 5.74) is 4.87. The summed E-state index contributed by atoms with van der Waals surface area (Å²) in [7, 11) is -0.546. The highest BCUT2D eigenvalue weighted by molar-refractivity contribution is 6.74. The van der Waals surface area contributed by atoms with E-state index in [4.69, 9.17) is 19.6 Å². The second-order valence-corrected chi connectivity index (χ2v) is 12.6. The van der Waals surface area contributed by atoms with Crippen LogP contribution in [0.4, 0.5) is 0 Å². The van der Waals surface area contributed by atoms with Gasteiger partial charge in [-0.05, 0) is 18.1 Å². The summed E-state index contributed by atoms with van der Waals surface area (Å²) in [4.78, 5) is 25.7.